The summed E-state index contributed by atoms with van der Waals surface area (Å²) < 4.78 is 6.74. The average Bonchev–Trinajstić information content (AvgIpc) is 2.28. The largest absolute Gasteiger partial charge is 0.394 e. The predicted octanol–water partition coefficient (Wildman–Crippen LogP) is -0.105. The highest BCUT2D eigenvalue weighted by Crippen LogP contribution is 2.16. The fourth-order valence-corrected chi connectivity index (χ4v) is 1.51. The van der Waals surface area contributed by atoms with Gasteiger partial charge in [-0.1, -0.05) is 12.2 Å². The summed E-state index contributed by atoms with van der Waals surface area (Å²) in [7, 11) is 0. The zero-order valence-corrected chi connectivity index (χ0v) is 10.5. The molecule has 1 rings (SSSR count). The minimum Gasteiger partial charge on any atom is -0.394 e. The Bertz CT molecular complexity index is 462. The molecule has 1 aromatic rings. The lowest BCUT2D eigenvalue weighted by atomic mass is 10.2. The normalized spacial score (nSPS) is 16.2. The van der Waals surface area contributed by atoms with E-state index >= 15 is 0 Å². The first-order chi connectivity index (χ1) is 7.92. The van der Waals surface area contributed by atoms with E-state index in [1.54, 1.807) is 13.8 Å². The lowest BCUT2D eigenvalue weighted by Crippen LogP contribution is -2.45. The minimum atomic E-state index is -1.14. The van der Waals surface area contributed by atoms with Gasteiger partial charge in [-0.3, -0.25) is 4.57 Å². The second kappa shape index (κ2) is 5.35. The number of aromatic nitrogens is 2. The van der Waals surface area contributed by atoms with Crippen molar-refractivity contribution in [3.05, 3.63) is 22.7 Å². The number of aliphatic hydroxyl groups excluding tert-OH is 1. The molecule has 1 heterocycles. The molecule has 0 saturated heterocycles. The van der Waals surface area contributed by atoms with Gasteiger partial charge in [0.1, 0.15) is 5.82 Å². The topological polar surface area (TPSA) is 90.4 Å². The minimum absolute atomic E-state index is 0.133. The van der Waals surface area contributed by atoms with Crippen LogP contribution in [0.1, 0.15) is 13.8 Å². The number of nitrogens with zero attached hydrogens (tertiary/aromatic N) is 2. The number of nitrogens with two attached hydrogens (primary N) is 1. The second-order valence-corrected chi connectivity index (χ2v) is 4.02. The lowest BCUT2D eigenvalue weighted by Gasteiger charge is -2.30. The van der Waals surface area contributed by atoms with Gasteiger partial charge in [-0.15, -0.1) is 0 Å². The van der Waals surface area contributed by atoms with Gasteiger partial charge in [0.25, 0.3) is 0 Å². The molecule has 0 fully saturated rings. The Kier molecular flexibility index (Phi) is 4.33. The SMILES string of the molecule is CC(CO)OC(C)(C=S)n1ccc(N)nc1=O. The molecule has 17 heavy (non-hydrogen) atoms. The van der Waals surface area contributed by atoms with Crippen LogP contribution in [-0.4, -0.2) is 32.7 Å². The van der Waals surface area contributed by atoms with Crippen molar-refractivity contribution in [1.82, 2.24) is 9.55 Å². The molecule has 1 aromatic heterocycles. The Morgan fingerprint density at radius 1 is 1.82 bits per heavy atom. The van der Waals surface area contributed by atoms with Gasteiger partial charge in [0.2, 0.25) is 0 Å². The molecule has 7 heteroatoms. The number of nitrogen functional groups attached to an aromatic ring is 1. The van der Waals surface area contributed by atoms with Crippen LogP contribution in [0.15, 0.2) is 17.1 Å². The molecular weight excluding hydrogens is 242 g/mol. The first-order valence-electron chi connectivity index (χ1n) is 5.03. The number of anilines is 1. The molecule has 0 bridgehead atoms. The van der Waals surface area contributed by atoms with Gasteiger partial charge in [0.05, 0.1) is 12.7 Å². The zero-order chi connectivity index (χ0) is 13.1. The van der Waals surface area contributed by atoms with E-state index in [-0.39, 0.29) is 12.4 Å². The van der Waals surface area contributed by atoms with Crippen LogP contribution in [-0.2, 0) is 10.5 Å². The first kappa shape index (κ1) is 13.8. The van der Waals surface area contributed by atoms with Gasteiger partial charge < -0.3 is 15.6 Å². The summed E-state index contributed by atoms with van der Waals surface area (Å²) in [6, 6.07) is 1.48. The molecule has 3 N–H and O–H groups in total. The van der Waals surface area contributed by atoms with E-state index in [1.807, 2.05) is 0 Å². The summed E-state index contributed by atoms with van der Waals surface area (Å²) in [6.07, 6.45) is 1.00. The molecule has 0 aliphatic heterocycles. The van der Waals surface area contributed by atoms with Gasteiger partial charge >= 0.3 is 5.69 Å². The van der Waals surface area contributed by atoms with Crippen molar-refractivity contribution >= 4 is 23.4 Å². The fourth-order valence-electron chi connectivity index (χ4n) is 1.34. The maximum Gasteiger partial charge on any atom is 0.352 e. The monoisotopic (exact) mass is 257 g/mol. The Balaban J connectivity index is 3.16. The Hall–Kier alpha value is -1.31. The molecule has 6 nitrogen and oxygen atoms in total. The van der Waals surface area contributed by atoms with Crippen molar-refractivity contribution in [3.63, 3.8) is 0 Å². The lowest BCUT2D eigenvalue weighted by molar-refractivity contribution is -0.0942. The maximum atomic E-state index is 11.7. The molecule has 2 unspecified atom stereocenters. The fraction of sp³-hybridized carbons (Fsp3) is 0.500. The van der Waals surface area contributed by atoms with Crippen molar-refractivity contribution in [2.24, 2.45) is 0 Å². The van der Waals surface area contributed by atoms with Gasteiger partial charge in [0, 0.05) is 11.6 Å². The van der Waals surface area contributed by atoms with Crippen molar-refractivity contribution < 1.29 is 9.84 Å². The number of rotatable bonds is 5. The summed E-state index contributed by atoms with van der Waals surface area (Å²) in [5.74, 6) is 0.133. The summed E-state index contributed by atoms with van der Waals surface area (Å²) in [5, 5.41) is 10.3. The van der Waals surface area contributed by atoms with E-state index in [9.17, 15) is 4.79 Å². The van der Waals surface area contributed by atoms with Crippen LogP contribution in [0.5, 0.6) is 0 Å². The van der Waals surface area contributed by atoms with Crippen LogP contribution < -0.4 is 11.4 Å². The predicted molar refractivity (Wildman–Crippen MR) is 67.8 cm³/mol. The van der Waals surface area contributed by atoms with E-state index in [1.165, 1.54) is 22.2 Å². The number of hydrogen-bond acceptors (Lipinski definition) is 6. The maximum absolute atomic E-state index is 11.7. The van der Waals surface area contributed by atoms with Crippen molar-refractivity contribution in [2.45, 2.75) is 25.7 Å². The molecule has 0 amide bonds. The number of aliphatic hydroxyl groups is 1. The van der Waals surface area contributed by atoms with Crippen LogP contribution in [0.3, 0.4) is 0 Å². The summed E-state index contributed by atoms with van der Waals surface area (Å²) in [4.78, 5) is 15.3. The summed E-state index contributed by atoms with van der Waals surface area (Å²) in [5.41, 5.74) is 3.70. The van der Waals surface area contributed by atoms with Crippen LogP contribution in [0, 0.1) is 0 Å². The molecule has 0 saturated carbocycles. The van der Waals surface area contributed by atoms with E-state index in [2.05, 4.69) is 4.98 Å². The second-order valence-electron chi connectivity index (χ2n) is 3.79. The molecule has 0 aromatic carbocycles. The molecular formula is C10H15N3O3S. The van der Waals surface area contributed by atoms with E-state index in [0.717, 1.165) is 0 Å². The van der Waals surface area contributed by atoms with Gasteiger partial charge in [-0.2, -0.15) is 4.98 Å². The molecule has 0 spiro atoms. The Morgan fingerprint density at radius 2 is 2.47 bits per heavy atom. The highest BCUT2D eigenvalue weighted by Gasteiger charge is 2.28. The molecule has 2 atom stereocenters. The summed E-state index contributed by atoms with van der Waals surface area (Å²) >= 11 is 4.88. The quantitative estimate of drug-likeness (QED) is 0.716. The zero-order valence-electron chi connectivity index (χ0n) is 9.66. The highest BCUT2D eigenvalue weighted by atomic mass is 32.1. The average molecular weight is 257 g/mol. The molecule has 0 aliphatic rings. The highest BCUT2D eigenvalue weighted by molar-refractivity contribution is 7.79. The third kappa shape index (κ3) is 3.09. The first-order valence-corrected chi connectivity index (χ1v) is 5.50. The van der Waals surface area contributed by atoms with Crippen molar-refractivity contribution in [3.8, 4) is 0 Å². The number of thiocarbonyl (C=S) groups is 1. The van der Waals surface area contributed by atoms with Gasteiger partial charge in [-0.25, -0.2) is 4.79 Å². The van der Waals surface area contributed by atoms with E-state index in [4.69, 9.17) is 27.8 Å². The van der Waals surface area contributed by atoms with Crippen LogP contribution in [0.25, 0.3) is 0 Å². The third-order valence-corrected chi connectivity index (χ3v) is 2.66. The third-order valence-electron chi connectivity index (χ3n) is 2.22. The standard InChI is InChI=1S/C10H15N3O3S/c1-7(5-14)16-10(2,6-17)13-4-3-8(11)12-9(13)15/h3-4,6-7,14H,5H2,1-2H3,(H2,11,12,15). The van der Waals surface area contributed by atoms with E-state index < -0.39 is 17.5 Å². The molecule has 0 radical (unpaired) electrons. The Morgan fingerprint density at radius 3 is 2.94 bits per heavy atom. The van der Waals surface area contributed by atoms with Crippen molar-refractivity contribution in [2.75, 3.05) is 12.3 Å². The number of hydrogen-bond donors (Lipinski definition) is 2. The Labute approximate surface area is 104 Å². The molecule has 0 aliphatic carbocycles. The van der Waals surface area contributed by atoms with Crippen LogP contribution in [0.2, 0.25) is 0 Å². The molecule has 94 valence electrons. The van der Waals surface area contributed by atoms with Gasteiger partial charge in [0.15, 0.2) is 5.72 Å². The van der Waals surface area contributed by atoms with Gasteiger partial charge in [-0.05, 0) is 19.9 Å². The summed E-state index contributed by atoms with van der Waals surface area (Å²) in [6.45, 7) is 3.12. The van der Waals surface area contributed by atoms with Crippen LogP contribution in [0.4, 0.5) is 5.82 Å². The smallest absolute Gasteiger partial charge is 0.352 e. The number of ether oxygens (including phenoxy) is 1. The van der Waals surface area contributed by atoms with E-state index in [0.29, 0.717) is 0 Å². The van der Waals surface area contributed by atoms with Crippen molar-refractivity contribution in [1.29, 1.82) is 0 Å². The van der Waals surface area contributed by atoms with Crippen LogP contribution >= 0.6 is 12.2 Å².